The zero-order valence-corrected chi connectivity index (χ0v) is 13.6. The number of hydrogen-bond donors (Lipinski definition) is 1. The SMILES string of the molecule is CN1CCO[C@@H](CNS(=O)(=O)C2COC2)[C@@H]1c1cncn1C. The van der Waals surface area contributed by atoms with Crippen LogP contribution in [0.25, 0.3) is 0 Å². The lowest BCUT2D eigenvalue weighted by molar-refractivity contribution is -0.0615. The van der Waals surface area contributed by atoms with E-state index in [1.807, 2.05) is 18.7 Å². The van der Waals surface area contributed by atoms with E-state index in [9.17, 15) is 8.42 Å². The second kappa shape index (κ2) is 6.25. The van der Waals surface area contributed by atoms with E-state index in [4.69, 9.17) is 9.47 Å². The third-order valence-electron chi connectivity index (χ3n) is 4.29. The Bertz CT molecular complexity index is 613. The molecule has 2 fully saturated rings. The van der Waals surface area contributed by atoms with Crippen molar-refractivity contribution in [1.29, 1.82) is 0 Å². The summed E-state index contributed by atoms with van der Waals surface area (Å²) < 4.78 is 39.6. The van der Waals surface area contributed by atoms with Crippen LogP contribution in [0.3, 0.4) is 0 Å². The number of aryl methyl sites for hydroxylation is 1. The molecule has 124 valence electrons. The summed E-state index contributed by atoms with van der Waals surface area (Å²) in [6.45, 7) is 2.18. The van der Waals surface area contributed by atoms with E-state index in [0.717, 1.165) is 12.2 Å². The fraction of sp³-hybridized carbons (Fsp3) is 0.769. The fourth-order valence-corrected chi connectivity index (χ4v) is 3.99. The monoisotopic (exact) mass is 330 g/mol. The maximum atomic E-state index is 12.1. The van der Waals surface area contributed by atoms with Gasteiger partial charge in [0, 0.05) is 26.3 Å². The number of hydrogen-bond acceptors (Lipinski definition) is 6. The minimum absolute atomic E-state index is 0.0263. The van der Waals surface area contributed by atoms with Crippen LogP contribution in [-0.2, 0) is 26.5 Å². The molecule has 2 aliphatic rings. The number of sulfonamides is 1. The molecule has 2 saturated heterocycles. The van der Waals surface area contributed by atoms with Crippen molar-refractivity contribution in [2.24, 2.45) is 7.05 Å². The summed E-state index contributed by atoms with van der Waals surface area (Å²) in [5.74, 6) is 0. The molecule has 3 rings (SSSR count). The van der Waals surface area contributed by atoms with Crippen molar-refractivity contribution in [2.45, 2.75) is 17.4 Å². The van der Waals surface area contributed by atoms with Gasteiger partial charge >= 0.3 is 0 Å². The van der Waals surface area contributed by atoms with Crippen LogP contribution in [0, 0.1) is 0 Å². The average Bonchev–Trinajstić information content (AvgIpc) is 2.80. The number of rotatable bonds is 5. The molecule has 2 aliphatic heterocycles. The van der Waals surface area contributed by atoms with Gasteiger partial charge < -0.3 is 14.0 Å². The van der Waals surface area contributed by atoms with Crippen LogP contribution in [0.5, 0.6) is 0 Å². The minimum atomic E-state index is -3.34. The number of aromatic nitrogens is 2. The molecule has 0 radical (unpaired) electrons. The lowest BCUT2D eigenvalue weighted by atomic mass is 10.0. The molecule has 22 heavy (non-hydrogen) atoms. The number of ether oxygens (including phenoxy) is 2. The average molecular weight is 330 g/mol. The number of imidazole rings is 1. The first-order valence-corrected chi connectivity index (χ1v) is 8.88. The lowest BCUT2D eigenvalue weighted by Gasteiger charge is -2.39. The van der Waals surface area contributed by atoms with Crippen molar-refractivity contribution in [3.8, 4) is 0 Å². The smallest absolute Gasteiger partial charge is 0.219 e. The maximum absolute atomic E-state index is 12.1. The number of nitrogens with one attached hydrogen (secondary N) is 1. The van der Waals surface area contributed by atoms with Crippen LogP contribution in [0.4, 0.5) is 0 Å². The third kappa shape index (κ3) is 3.04. The Morgan fingerprint density at radius 2 is 2.18 bits per heavy atom. The molecule has 0 aromatic carbocycles. The van der Waals surface area contributed by atoms with Crippen LogP contribution in [0.2, 0.25) is 0 Å². The highest BCUT2D eigenvalue weighted by molar-refractivity contribution is 7.90. The van der Waals surface area contributed by atoms with Gasteiger partial charge in [0.2, 0.25) is 10.0 Å². The van der Waals surface area contributed by atoms with Gasteiger partial charge in [0.25, 0.3) is 0 Å². The second-order valence-electron chi connectivity index (χ2n) is 5.82. The summed E-state index contributed by atoms with van der Waals surface area (Å²) in [5, 5.41) is -0.441. The molecular formula is C13H22N4O4S. The van der Waals surface area contributed by atoms with Crippen molar-refractivity contribution in [2.75, 3.05) is 40.0 Å². The molecule has 9 heteroatoms. The Morgan fingerprint density at radius 3 is 2.77 bits per heavy atom. The Balaban J connectivity index is 1.71. The van der Waals surface area contributed by atoms with Gasteiger partial charge in [0.05, 0.1) is 44.0 Å². The first kappa shape index (κ1) is 15.9. The summed E-state index contributed by atoms with van der Waals surface area (Å²) in [4.78, 5) is 6.32. The topological polar surface area (TPSA) is 85.7 Å². The molecule has 8 nitrogen and oxygen atoms in total. The van der Waals surface area contributed by atoms with Crippen LogP contribution < -0.4 is 4.72 Å². The molecule has 0 spiro atoms. The van der Waals surface area contributed by atoms with Gasteiger partial charge in [-0.2, -0.15) is 0 Å². The predicted octanol–water partition coefficient (Wildman–Crippen LogP) is -0.890. The van der Waals surface area contributed by atoms with E-state index in [1.165, 1.54) is 0 Å². The first-order chi connectivity index (χ1) is 10.5. The Morgan fingerprint density at radius 1 is 1.41 bits per heavy atom. The highest BCUT2D eigenvalue weighted by atomic mass is 32.2. The van der Waals surface area contributed by atoms with Gasteiger partial charge in [0.15, 0.2) is 0 Å². The highest BCUT2D eigenvalue weighted by Crippen LogP contribution is 2.27. The summed E-state index contributed by atoms with van der Waals surface area (Å²) in [6.07, 6.45) is 3.30. The van der Waals surface area contributed by atoms with Crippen LogP contribution in [0.15, 0.2) is 12.5 Å². The zero-order valence-electron chi connectivity index (χ0n) is 12.8. The van der Waals surface area contributed by atoms with E-state index >= 15 is 0 Å². The quantitative estimate of drug-likeness (QED) is 0.754. The van der Waals surface area contributed by atoms with E-state index in [-0.39, 0.29) is 31.9 Å². The van der Waals surface area contributed by atoms with Gasteiger partial charge in [-0.15, -0.1) is 0 Å². The maximum Gasteiger partial charge on any atom is 0.219 e. The van der Waals surface area contributed by atoms with E-state index in [2.05, 4.69) is 14.6 Å². The van der Waals surface area contributed by atoms with E-state index in [1.54, 1.807) is 12.5 Å². The van der Waals surface area contributed by atoms with Gasteiger partial charge in [-0.25, -0.2) is 18.1 Å². The number of likely N-dealkylation sites (N-methyl/N-ethyl adjacent to an activating group) is 1. The van der Waals surface area contributed by atoms with Crippen LogP contribution >= 0.6 is 0 Å². The van der Waals surface area contributed by atoms with Gasteiger partial charge in [0.1, 0.15) is 5.25 Å². The molecule has 0 unspecified atom stereocenters. The molecule has 0 bridgehead atoms. The minimum Gasteiger partial charge on any atom is -0.378 e. The second-order valence-corrected chi connectivity index (χ2v) is 7.86. The van der Waals surface area contributed by atoms with Crippen LogP contribution in [-0.4, -0.2) is 74.2 Å². The molecule has 0 amide bonds. The zero-order chi connectivity index (χ0) is 15.7. The number of nitrogens with zero attached hydrogens (tertiary/aromatic N) is 3. The van der Waals surface area contributed by atoms with Gasteiger partial charge in [-0.05, 0) is 7.05 Å². The molecule has 0 saturated carbocycles. The molecule has 0 aliphatic carbocycles. The Kier molecular flexibility index (Phi) is 4.51. The summed E-state index contributed by atoms with van der Waals surface area (Å²) in [7, 11) is 0.605. The van der Waals surface area contributed by atoms with Crippen LogP contribution in [0.1, 0.15) is 11.7 Å². The van der Waals surface area contributed by atoms with E-state index < -0.39 is 15.3 Å². The van der Waals surface area contributed by atoms with Crippen molar-refractivity contribution >= 4 is 10.0 Å². The highest BCUT2D eigenvalue weighted by Gasteiger charge is 2.37. The first-order valence-electron chi connectivity index (χ1n) is 7.33. The molecule has 3 heterocycles. The molecule has 1 N–H and O–H groups in total. The number of morpholine rings is 1. The molecular weight excluding hydrogens is 308 g/mol. The van der Waals surface area contributed by atoms with Gasteiger partial charge in [-0.3, -0.25) is 4.90 Å². The standard InChI is InChI=1S/C13H22N4O4S/c1-16-3-4-21-12(13(16)11-5-14-9-17(11)2)6-15-22(18,19)10-7-20-8-10/h5,9-10,12-13,15H,3-4,6-8H2,1-2H3/t12-,13-/m0/s1. The van der Waals surface area contributed by atoms with Gasteiger partial charge in [-0.1, -0.05) is 0 Å². The summed E-state index contributed by atoms with van der Waals surface area (Å²) >= 11 is 0. The lowest BCUT2D eigenvalue weighted by Crippen LogP contribution is -2.52. The predicted molar refractivity (Wildman–Crippen MR) is 79.8 cm³/mol. The summed E-state index contributed by atoms with van der Waals surface area (Å²) in [6, 6.07) is -0.0263. The molecule has 1 aromatic heterocycles. The van der Waals surface area contributed by atoms with Crippen molar-refractivity contribution in [1.82, 2.24) is 19.2 Å². The van der Waals surface area contributed by atoms with Crippen molar-refractivity contribution < 1.29 is 17.9 Å². The third-order valence-corrected chi connectivity index (χ3v) is 6.01. The Labute approximate surface area is 130 Å². The largest absolute Gasteiger partial charge is 0.378 e. The fourth-order valence-electron chi connectivity index (χ4n) is 2.81. The Hall–Kier alpha value is -1.00. The van der Waals surface area contributed by atoms with Crippen molar-refractivity contribution in [3.05, 3.63) is 18.2 Å². The normalized spacial score (nSPS) is 27.7. The van der Waals surface area contributed by atoms with E-state index in [0.29, 0.717) is 6.61 Å². The summed E-state index contributed by atoms with van der Waals surface area (Å²) in [5.41, 5.74) is 1.01. The molecule has 1 aromatic rings. The van der Waals surface area contributed by atoms with Crippen molar-refractivity contribution in [3.63, 3.8) is 0 Å². The molecule has 2 atom stereocenters.